The first-order valence-electron chi connectivity index (χ1n) is 30.0. The molecule has 1 aliphatic rings. The molecule has 0 aliphatic carbocycles. The van der Waals surface area contributed by atoms with E-state index in [4.69, 9.17) is 35.6 Å². The first-order valence-corrected chi connectivity index (χ1v) is 15.3. The smallest absolute Gasteiger partial charge is 0.383 e. The number of aromatic nitrogens is 1. The van der Waals surface area contributed by atoms with Crippen molar-refractivity contribution in [2.45, 2.75) is 55.7 Å². The van der Waals surface area contributed by atoms with Crippen LogP contribution in [0.25, 0.3) is 22.0 Å². The second-order valence-electron chi connectivity index (χ2n) is 10.3. The number of halogens is 5. The molecule has 0 bridgehead atoms. The van der Waals surface area contributed by atoms with Gasteiger partial charge in [0, 0.05) is 78.2 Å². The van der Waals surface area contributed by atoms with E-state index in [1.165, 1.54) is 0 Å². The van der Waals surface area contributed by atoms with Gasteiger partial charge in [0.15, 0.2) is 17.1 Å². The lowest BCUT2D eigenvalue weighted by Crippen LogP contribution is -2.48. The molecule has 1 amide bonds. The van der Waals surface area contributed by atoms with E-state index < -0.39 is 261 Å². The molecule has 0 saturated carbocycles. The van der Waals surface area contributed by atoms with E-state index in [-0.39, 0.29) is 4.57 Å². The SMILES string of the molecule is [2H]c1c([2H])c(F)c(F)c(C([2H])([2H])Sc2c([2H])c(=O)c3c([2H])c(C)c([2H])c([2H])c3n2CC(=O)N(Cc2c([2H])c([2H])c(-c3c([2H])c([2H])c(C(F)(F)F)c([2H])c3[2H])c([2H])c2[2H])C2([2H])C([2H])([2H])C([2H])([2H])N(C([2H])([2H])COC([2H])([2H])[2H])C([2H])([2H])C2([2H])[2H])c1[2H]. The Kier molecular flexibility index (Phi) is 4.81. The zero-order chi connectivity index (χ0) is 64.9. The van der Waals surface area contributed by atoms with Crippen molar-refractivity contribution in [1.29, 1.82) is 0 Å². The number of pyridine rings is 1. The van der Waals surface area contributed by atoms with Crippen LogP contribution in [0.1, 0.15) is 77.5 Å². The number of hydrogen-bond acceptors (Lipinski definition) is 5. The molecule has 0 N–H and O–H groups in total. The standard InChI is InChI=1S/C41H40F5N3O3S/c1-27-6-15-36-34(22-27)37(50)23-39(53-26-31-4-3-5-35(42)40(31)43)49(36)25-38(51)48(33-16-18-47(19-17-33)20-21-52-2)24-28-7-9-29(10-8-28)30-11-13-32(14-12-30)41(44,45)46/h3-15,22-23,33H,16-21,24-26H2,1-2H3/i2D3,3D,4D,5D,6D,7D,8D,9D,10D,11D,12D,13D,14D,15D,16D2,17D2,18D2,19D2,20D2,22D,23D,26D2,33D. The Morgan fingerprint density at radius 1 is 1.04 bits per heavy atom. The largest absolute Gasteiger partial charge is 0.416 e. The molecule has 278 valence electrons. The normalized spacial score (nSPS) is 27.8. The van der Waals surface area contributed by atoms with Crippen molar-refractivity contribution in [2.24, 2.45) is 0 Å². The number of likely N-dealkylation sites (tertiary alicyclic amines) is 1. The van der Waals surface area contributed by atoms with E-state index in [0.717, 1.165) is 6.92 Å². The van der Waals surface area contributed by atoms with Crippen LogP contribution < -0.4 is 5.43 Å². The number of benzene rings is 4. The number of ether oxygens (including phenoxy) is 1. The summed E-state index contributed by atoms with van der Waals surface area (Å²) in [7, 11) is -3.57. The van der Waals surface area contributed by atoms with Gasteiger partial charge >= 0.3 is 6.18 Å². The molecule has 2 heterocycles. The van der Waals surface area contributed by atoms with Crippen molar-refractivity contribution >= 4 is 28.6 Å². The van der Waals surface area contributed by atoms with Gasteiger partial charge in [0.2, 0.25) is 5.91 Å². The second kappa shape index (κ2) is 16.7. The van der Waals surface area contributed by atoms with Gasteiger partial charge in [-0.25, -0.2) is 8.78 Å². The van der Waals surface area contributed by atoms with Crippen molar-refractivity contribution in [1.82, 2.24) is 14.4 Å². The molecule has 53 heavy (non-hydrogen) atoms. The summed E-state index contributed by atoms with van der Waals surface area (Å²) in [5.41, 5.74) is -15.0. The van der Waals surface area contributed by atoms with E-state index in [0.29, 0.717) is 0 Å². The maximum atomic E-state index is 15.7. The molecule has 0 atom stereocenters. The summed E-state index contributed by atoms with van der Waals surface area (Å²) in [5, 5.41) is -2.48. The number of thioether (sulfide) groups is 1. The Morgan fingerprint density at radius 3 is 2.42 bits per heavy atom. The van der Waals surface area contributed by atoms with E-state index in [1.807, 2.05) is 0 Å². The lowest BCUT2D eigenvalue weighted by atomic mass is 10.00. The highest BCUT2D eigenvalue weighted by Gasteiger charge is 2.31. The van der Waals surface area contributed by atoms with Crippen LogP contribution in [0.5, 0.6) is 0 Å². The molecule has 1 aromatic heterocycles. The van der Waals surface area contributed by atoms with Gasteiger partial charge in [0.05, 0.1) is 48.8 Å². The van der Waals surface area contributed by atoms with Gasteiger partial charge in [0.25, 0.3) is 0 Å². The maximum Gasteiger partial charge on any atom is 0.416 e. The highest BCUT2D eigenvalue weighted by atomic mass is 32.2. The van der Waals surface area contributed by atoms with Crippen LogP contribution in [0.2, 0.25) is 0 Å². The van der Waals surface area contributed by atoms with Gasteiger partial charge in [-0.05, 0) is 66.6 Å². The first-order chi connectivity index (χ1) is 37.7. The van der Waals surface area contributed by atoms with Crippen LogP contribution in [0, 0.1) is 18.6 Å². The predicted molar refractivity (Wildman–Crippen MR) is 198 cm³/mol. The van der Waals surface area contributed by atoms with Gasteiger partial charge in [-0.1, -0.05) is 59.9 Å². The van der Waals surface area contributed by atoms with E-state index >= 15 is 13.6 Å². The predicted octanol–water partition coefficient (Wildman–Crippen LogP) is 8.71. The Labute approximate surface area is 352 Å². The molecule has 1 saturated heterocycles. The van der Waals surface area contributed by atoms with E-state index in [9.17, 15) is 24.8 Å². The van der Waals surface area contributed by atoms with Crippen molar-refractivity contribution < 1.29 is 74.0 Å². The number of amides is 1. The average molecular weight is 781 g/mol. The highest BCUT2D eigenvalue weighted by molar-refractivity contribution is 7.98. The summed E-state index contributed by atoms with van der Waals surface area (Å²) in [6, 6.07) is -27.1. The van der Waals surface area contributed by atoms with E-state index in [1.54, 1.807) is 0 Å². The molecule has 6 rings (SSSR count). The van der Waals surface area contributed by atoms with Gasteiger partial charge in [-0.15, -0.1) is 11.8 Å². The van der Waals surface area contributed by atoms with Crippen molar-refractivity contribution in [2.75, 3.05) is 33.1 Å². The van der Waals surface area contributed by atoms with Crippen molar-refractivity contribution in [3.05, 3.63) is 135 Å². The molecule has 1 aliphatic heterocycles. The Hall–Kier alpha value is -4.52. The summed E-state index contributed by atoms with van der Waals surface area (Å²) in [5.74, 6) is -6.78. The molecule has 12 heteroatoms. The zero-order valence-corrected chi connectivity index (χ0v) is 27.3. The molecule has 0 spiro atoms. The molecular formula is C41H40F5N3O3S. The third-order valence-corrected chi connectivity index (χ3v) is 7.61. The van der Waals surface area contributed by atoms with Crippen LogP contribution >= 0.6 is 11.8 Å². The number of rotatable bonds is 12. The zero-order valence-electron chi connectivity index (χ0n) is 57.5. The fourth-order valence-electron chi connectivity index (χ4n) is 4.34. The van der Waals surface area contributed by atoms with Gasteiger partial charge in [0.1, 0.15) is 6.54 Å². The van der Waals surface area contributed by atoms with Crippen molar-refractivity contribution in [3.63, 3.8) is 0 Å². The molecule has 0 unspecified atom stereocenters. The van der Waals surface area contributed by atoms with E-state index in [2.05, 4.69) is 4.74 Å². The molecule has 4 aromatic carbocycles. The minimum atomic E-state index is -5.56. The number of nitrogens with zero attached hydrogens (tertiary/aromatic N) is 3. The number of piperidine rings is 1. The number of methoxy groups -OCH3 is 1. The molecule has 1 fully saturated rings. The summed E-state index contributed by atoms with van der Waals surface area (Å²) in [4.78, 5) is 28.5. The van der Waals surface area contributed by atoms with Crippen molar-refractivity contribution in [3.8, 4) is 11.1 Å². The Balaban J connectivity index is 1.77. The summed E-state index contributed by atoms with van der Waals surface area (Å²) in [6.45, 7) is -18.3. The number of carbonyl (C=O) groups is 1. The van der Waals surface area contributed by atoms with Crippen LogP contribution in [0.15, 0.2) is 100 Å². The number of carbonyl (C=O) groups excluding carboxylic acids is 1. The first kappa shape index (κ1) is 15.3. The summed E-state index contributed by atoms with van der Waals surface area (Å²) < 4.78 is 345. The Morgan fingerprint density at radius 2 is 1.74 bits per heavy atom. The minimum Gasteiger partial charge on any atom is -0.383 e. The van der Waals surface area contributed by atoms with Gasteiger partial charge < -0.3 is 19.1 Å². The van der Waals surface area contributed by atoms with Crippen LogP contribution in [0.4, 0.5) is 22.0 Å². The third-order valence-electron chi connectivity index (χ3n) is 6.78. The second-order valence-corrected chi connectivity index (χ2v) is 11.1. The monoisotopic (exact) mass is 780 g/mol. The van der Waals surface area contributed by atoms with Gasteiger partial charge in [-0.2, -0.15) is 13.2 Å². The quantitative estimate of drug-likeness (QED) is 0.0938. The average Bonchev–Trinajstić information content (AvgIpc) is 0.707. The lowest BCUT2D eigenvalue weighted by Gasteiger charge is -2.39. The van der Waals surface area contributed by atoms with Gasteiger partial charge in [-0.3, -0.25) is 9.59 Å². The van der Waals surface area contributed by atoms with Crippen LogP contribution in [0.3, 0.4) is 0 Å². The molecule has 6 nitrogen and oxygen atoms in total. The molecular weight excluding hydrogens is 710 g/mol. The third kappa shape index (κ3) is 9.17. The minimum absolute atomic E-state index is 0.135. The molecule has 0 radical (unpaired) electrons. The summed E-state index contributed by atoms with van der Waals surface area (Å²) in [6.07, 6.45) is -15.1. The lowest BCUT2D eigenvalue weighted by molar-refractivity contribution is -0.137. The molecule has 5 aromatic rings. The van der Waals surface area contributed by atoms with Crippen LogP contribution in [-0.4, -0.2) is 59.4 Å². The van der Waals surface area contributed by atoms with Crippen LogP contribution in [-0.2, 0) is 34.5 Å². The number of hydrogen-bond donors (Lipinski definition) is 0. The number of alkyl halides is 3. The number of fused-ring (bicyclic) bond motifs is 1. The topological polar surface area (TPSA) is 54.8 Å². The fourth-order valence-corrected chi connectivity index (χ4v) is 5.09. The highest BCUT2D eigenvalue weighted by Crippen LogP contribution is 2.32. The maximum absolute atomic E-state index is 15.7. The summed E-state index contributed by atoms with van der Waals surface area (Å²) >= 11 is -0.611. The Bertz CT molecular complexity index is 3570. The fraction of sp³-hybridized carbons (Fsp3) is 0.317.